The monoisotopic (exact) mass is 215 g/mol. The van der Waals surface area contributed by atoms with Gasteiger partial charge in [0.15, 0.2) is 0 Å². The molecule has 3 rings (SSSR count). The first-order valence-electron chi connectivity index (χ1n) is 6.14. The van der Waals surface area contributed by atoms with Crippen molar-refractivity contribution in [1.82, 2.24) is 10.4 Å². The van der Waals surface area contributed by atoms with Crippen LogP contribution in [0.3, 0.4) is 0 Å². The van der Waals surface area contributed by atoms with Crippen LogP contribution in [0.15, 0.2) is 23.3 Å². The number of aromatic nitrogens is 1. The predicted molar refractivity (Wildman–Crippen MR) is 64.5 cm³/mol. The number of hydrogen-bond acceptors (Lipinski definition) is 3. The Balaban J connectivity index is 1.88. The Morgan fingerprint density at radius 2 is 2.25 bits per heavy atom. The van der Waals surface area contributed by atoms with Crippen LogP contribution in [0.25, 0.3) is 0 Å². The number of hydrogen-bond donors (Lipinski definition) is 1. The number of nitrogens with zero attached hydrogens (tertiary/aromatic N) is 2. The Bertz CT molecular complexity index is 421. The van der Waals surface area contributed by atoms with E-state index >= 15 is 0 Å². The molecule has 1 aliphatic heterocycles. The largest absolute Gasteiger partial charge is 0.309 e. The molecule has 2 heterocycles. The third kappa shape index (κ3) is 1.70. The molecule has 0 spiro atoms. The van der Waals surface area contributed by atoms with Gasteiger partial charge in [0.2, 0.25) is 0 Å². The summed E-state index contributed by atoms with van der Waals surface area (Å²) in [5.74, 6) is 1.14. The molecule has 16 heavy (non-hydrogen) atoms. The minimum absolute atomic E-state index is 0.416. The average Bonchev–Trinajstić information content (AvgIpc) is 3.07. The van der Waals surface area contributed by atoms with Crippen LogP contribution in [-0.4, -0.2) is 17.2 Å². The lowest BCUT2D eigenvalue weighted by molar-refractivity contribution is 0.744. The lowest BCUT2D eigenvalue weighted by atomic mass is 9.96. The maximum Gasteiger partial charge on any atom is 0.0606 e. The third-order valence-corrected chi connectivity index (χ3v) is 3.40. The molecule has 3 nitrogen and oxygen atoms in total. The van der Waals surface area contributed by atoms with Gasteiger partial charge in [-0.15, -0.1) is 0 Å². The van der Waals surface area contributed by atoms with E-state index in [0.717, 1.165) is 18.9 Å². The molecule has 1 aromatic rings. The molecule has 2 aliphatic rings. The second-order valence-electron chi connectivity index (χ2n) is 4.63. The minimum Gasteiger partial charge on any atom is -0.309 e. The van der Waals surface area contributed by atoms with Gasteiger partial charge in [0.1, 0.15) is 0 Å². The Morgan fingerprint density at radius 3 is 3.00 bits per heavy atom. The first-order valence-corrected chi connectivity index (χ1v) is 6.14. The van der Waals surface area contributed by atoms with Crippen LogP contribution < -0.4 is 5.43 Å². The van der Waals surface area contributed by atoms with Crippen molar-refractivity contribution < 1.29 is 0 Å². The summed E-state index contributed by atoms with van der Waals surface area (Å²) >= 11 is 0. The second kappa shape index (κ2) is 3.89. The number of rotatable bonds is 3. The summed E-state index contributed by atoms with van der Waals surface area (Å²) in [7, 11) is 0. The smallest absolute Gasteiger partial charge is 0.0606 e. The molecular formula is C13H17N3. The van der Waals surface area contributed by atoms with Crippen LogP contribution in [0.4, 0.5) is 0 Å². The second-order valence-corrected chi connectivity index (χ2v) is 4.63. The van der Waals surface area contributed by atoms with Crippen molar-refractivity contribution in [1.29, 1.82) is 0 Å². The van der Waals surface area contributed by atoms with Gasteiger partial charge < -0.3 is 5.43 Å². The minimum atomic E-state index is 0.416. The fourth-order valence-electron chi connectivity index (χ4n) is 2.31. The fraction of sp³-hybridized carbons (Fsp3) is 0.538. The standard InChI is InChI=1S/C13H17N3/c1-2-10-4-3-5-12(15-10)11-8-14-16-13(11)9-6-7-9/h3-5,9,11,14H,2,6-8H2,1H3. The molecule has 1 unspecified atom stereocenters. The Kier molecular flexibility index (Phi) is 2.39. The molecule has 0 bridgehead atoms. The molecule has 1 aromatic heterocycles. The van der Waals surface area contributed by atoms with Gasteiger partial charge in [-0.3, -0.25) is 4.98 Å². The van der Waals surface area contributed by atoms with Gasteiger partial charge in [-0.05, 0) is 37.3 Å². The van der Waals surface area contributed by atoms with E-state index in [4.69, 9.17) is 4.98 Å². The lowest BCUT2D eigenvalue weighted by Crippen LogP contribution is -2.16. The summed E-state index contributed by atoms with van der Waals surface area (Å²) in [6.07, 6.45) is 3.62. The quantitative estimate of drug-likeness (QED) is 0.838. The van der Waals surface area contributed by atoms with Crippen molar-refractivity contribution in [2.24, 2.45) is 11.0 Å². The molecule has 84 valence electrons. The highest BCUT2D eigenvalue weighted by molar-refractivity contribution is 5.95. The van der Waals surface area contributed by atoms with Crippen LogP contribution in [0.1, 0.15) is 37.1 Å². The topological polar surface area (TPSA) is 37.3 Å². The van der Waals surface area contributed by atoms with E-state index in [9.17, 15) is 0 Å². The average molecular weight is 215 g/mol. The molecule has 0 aromatic carbocycles. The third-order valence-electron chi connectivity index (χ3n) is 3.40. The van der Waals surface area contributed by atoms with E-state index in [0.29, 0.717) is 5.92 Å². The maximum atomic E-state index is 4.71. The lowest BCUT2D eigenvalue weighted by Gasteiger charge is -2.11. The molecule has 1 saturated carbocycles. The summed E-state index contributed by atoms with van der Waals surface area (Å²) in [4.78, 5) is 4.71. The molecule has 1 fully saturated rings. The number of hydrazone groups is 1. The first kappa shape index (κ1) is 9.82. The zero-order valence-electron chi connectivity index (χ0n) is 9.61. The fourth-order valence-corrected chi connectivity index (χ4v) is 2.31. The highest BCUT2D eigenvalue weighted by Crippen LogP contribution is 2.37. The van der Waals surface area contributed by atoms with E-state index in [1.807, 2.05) is 0 Å². The van der Waals surface area contributed by atoms with Crippen molar-refractivity contribution in [2.75, 3.05) is 6.54 Å². The number of pyridine rings is 1. The van der Waals surface area contributed by atoms with Crippen LogP contribution in [-0.2, 0) is 6.42 Å². The van der Waals surface area contributed by atoms with Crippen molar-refractivity contribution in [2.45, 2.75) is 32.1 Å². The van der Waals surface area contributed by atoms with Gasteiger partial charge in [0.05, 0.1) is 17.3 Å². The summed E-state index contributed by atoms with van der Waals surface area (Å²) in [6.45, 7) is 3.07. The van der Waals surface area contributed by atoms with Gasteiger partial charge in [-0.1, -0.05) is 13.0 Å². The van der Waals surface area contributed by atoms with E-state index in [-0.39, 0.29) is 0 Å². The Labute approximate surface area is 96.0 Å². The SMILES string of the molecule is CCc1cccc(C2CNN=C2C2CC2)n1. The number of nitrogens with one attached hydrogen (secondary N) is 1. The molecule has 1 atom stereocenters. The van der Waals surface area contributed by atoms with Crippen molar-refractivity contribution in [3.63, 3.8) is 0 Å². The van der Waals surface area contributed by atoms with E-state index in [1.165, 1.54) is 29.9 Å². The van der Waals surface area contributed by atoms with Crippen LogP contribution in [0.2, 0.25) is 0 Å². The van der Waals surface area contributed by atoms with Gasteiger partial charge in [0, 0.05) is 12.2 Å². The Morgan fingerprint density at radius 1 is 1.38 bits per heavy atom. The van der Waals surface area contributed by atoms with Gasteiger partial charge in [0.25, 0.3) is 0 Å². The van der Waals surface area contributed by atoms with Crippen molar-refractivity contribution in [3.8, 4) is 0 Å². The van der Waals surface area contributed by atoms with Crippen molar-refractivity contribution >= 4 is 5.71 Å². The highest BCUT2D eigenvalue weighted by Gasteiger charge is 2.36. The van der Waals surface area contributed by atoms with Crippen LogP contribution in [0, 0.1) is 5.92 Å². The van der Waals surface area contributed by atoms with Crippen LogP contribution >= 0.6 is 0 Å². The zero-order chi connectivity index (χ0) is 11.0. The molecule has 0 radical (unpaired) electrons. The predicted octanol–water partition coefficient (Wildman–Crippen LogP) is 2.10. The normalized spacial score (nSPS) is 24.1. The van der Waals surface area contributed by atoms with Gasteiger partial charge in [-0.2, -0.15) is 5.10 Å². The van der Waals surface area contributed by atoms with Gasteiger partial charge in [-0.25, -0.2) is 0 Å². The molecular weight excluding hydrogens is 198 g/mol. The summed E-state index contributed by atoms with van der Waals surface area (Å²) < 4.78 is 0. The molecule has 1 N–H and O–H groups in total. The summed E-state index contributed by atoms with van der Waals surface area (Å²) in [5.41, 5.74) is 6.83. The van der Waals surface area contributed by atoms with Crippen LogP contribution in [0.5, 0.6) is 0 Å². The van der Waals surface area contributed by atoms with Crippen molar-refractivity contribution in [3.05, 3.63) is 29.6 Å². The van der Waals surface area contributed by atoms with E-state index in [2.05, 4.69) is 35.7 Å². The molecule has 0 saturated heterocycles. The summed E-state index contributed by atoms with van der Waals surface area (Å²) in [5, 5.41) is 4.44. The zero-order valence-corrected chi connectivity index (χ0v) is 9.61. The van der Waals surface area contributed by atoms with E-state index in [1.54, 1.807) is 0 Å². The highest BCUT2D eigenvalue weighted by atomic mass is 15.3. The molecule has 3 heteroatoms. The van der Waals surface area contributed by atoms with Gasteiger partial charge >= 0.3 is 0 Å². The Hall–Kier alpha value is -1.38. The van der Waals surface area contributed by atoms with E-state index < -0.39 is 0 Å². The molecule has 0 amide bonds. The molecule has 1 aliphatic carbocycles. The summed E-state index contributed by atoms with van der Waals surface area (Å²) in [6, 6.07) is 6.35. The number of aryl methyl sites for hydroxylation is 1. The maximum absolute atomic E-state index is 4.71. The first-order chi connectivity index (χ1) is 7.88.